The zero-order valence-electron chi connectivity index (χ0n) is 12.1. The molecule has 0 saturated carbocycles. The van der Waals surface area contributed by atoms with E-state index in [1.165, 1.54) is 19.3 Å². The zero-order valence-corrected chi connectivity index (χ0v) is 12.9. The molecule has 2 aliphatic heterocycles. The van der Waals surface area contributed by atoms with Gasteiger partial charge in [-0.2, -0.15) is 0 Å². The maximum absolute atomic E-state index is 12.3. The first kappa shape index (κ1) is 14.7. The molecule has 2 saturated heterocycles. The van der Waals surface area contributed by atoms with Crippen LogP contribution in [-0.2, 0) is 9.53 Å². The molecule has 3 rings (SSSR count). The van der Waals surface area contributed by atoms with E-state index < -0.39 is 0 Å². The number of carbonyl (C=O) groups excluding carboxylic acids is 1. The molecule has 114 valence electrons. The van der Waals surface area contributed by atoms with Crippen molar-refractivity contribution >= 4 is 28.9 Å². The molecule has 0 aromatic heterocycles. The lowest BCUT2D eigenvalue weighted by molar-refractivity contribution is -0.119. The van der Waals surface area contributed by atoms with Gasteiger partial charge < -0.3 is 15.0 Å². The molecule has 0 radical (unpaired) electrons. The van der Waals surface area contributed by atoms with Crippen molar-refractivity contribution in [1.82, 2.24) is 0 Å². The third kappa shape index (κ3) is 3.50. The SMILES string of the molecule is O=C(Nc1cc(Cl)ccc1N1CCCCC1)C1CCOC1. The lowest BCUT2D eigenvalue weighted by Crippen LogP contribution is -2.31. The molecule has 0 spiro atoms. The van der Waals surface area contributed by atoms with Crippen molar-refractivity contribution in [2.75, 3.05) is 36.5 Å². The highest BCUT2D eigenvalue weighted by Gasteiger charge is 2.25. The summed E-state index contributed by atoms with van der Waals surface area (Å²) in [6.45, 7) is 3.27. The van der Waals surface area contributed by atoms with E-state index in [4.69, 9.17) is 16.3 Å². The van der Waals surface area contributed by atoms with E-state index in [9.17, 15) is 4.79 Å². The molecule has 1 amide bonds. The van der Waals surface area contributed by atoms with Crippen molar-refractivity contribution in [2.45, 2.75) is 25.7 Å². The number of nitrogens with zero attached hydrogens (tertiary/aromatic N) is 1. The Morgan fingerprint density at radius 1 is 1.29 bits per heavy atom. The molecule has 21 heavy (non-hydrogen) atoms. The van der Waals surface area contributed by atoms with Gasteiger partial charge in [-0.05, 0) is 43.9 Å². The first-order chi connectivity index (χ1) is 10.2. The molecule has 1 N–H and O–H groups in total. The maximum Gasteiger partial charge on any atom is 0.229 e. The first-order valence-corrected chi connectivity index (χ1v) is 8.05. The lowest BCUT2D eigenvalue weighted by atomic mass is 10.1. The molecule has 2 heterocycles. The number of carbonyl (C=O) groups is 1. The van der Waals surface area contributed by atoms with Gasteiger partial charge in [0.2, 0.25) is 5.91 Å². The summed E-state index contributed by atoms with van der Waals surface area (Å²) in [4.78, 5) is 14.6. The maximum atomic E-state index is 12.3. The van der Waals surface area contributed by atoms with Gasteiger partial charge in [-0.1, -0.05) is 11.6 Å². The minimum atomic E-state index is -0.0433. The van der Waals surface area contributed by atoms with Crippen molar-refractivity contribution in [3.05, 3.63) is 23.2 Å². The van der Waals surface area contributed by atoms with E-state index in [1.807, 2.05) is 18.2 Å². The molecule has 0 aliphatic carbocycles. The predicted molar refractivity (Wildman–Crippen MR) is 85.1 cm³/mol. The minimum absolute atomic E-state index is 0.0352. The Balaban J connectivity index is 1.78. The summed E-state index contributed by atoms with van der Waals surface area (Å²) in [6, 6.07) is 5.74. The topological polar surface area (TPSA) is 41.6 Å². The molecule has 1 atom stereocenters. The van der Waals surface area contributed by atoms with E-state index in [1.54, 1.807) is 0 Å². The summed E-state index contributed by atoms with van der Waals surface area (Å²) >= 11 is 6.10. The molecular weight excluding hydrogens is 288 g/mol. The van der Waals surface area contributed by atoms with Crippen molar-refractivity contribution in [2.24, 2.45) is 5.92 Å². The second-order valence-corrected chi connectivity index (χ2v) is 6.20. The number of hydrogen-bond donors (Lipinski definition) is 1. The van der Waals surface area contributed by atoms with Gasteiger partial charge in [0.05, 0.1) is 23.9 Å². The van der Waals surface area contributed by atoms with Gasteiger partial charge in [0.1, 0.15) is 0 Å². The number of anilines is 2. The Hall–Kier alpha value is -1.26. The Labute approximate surface area is 130 Å². The van der Waals surface area contributed by atoms with E-state index in [2.05, 4.69) is 10.2 Å². The van der Waals surface area contributed by atoms with Crippen LogP contribution in [0.4, 0.5) is 11.4 Å². The quantitative estimate of drug-likeness (QED) is 0.931. The van der Waals surface area contributed by atoms with E-state index in [0.717, 1.165) is 30.9 Å². The molecule has 1 aromatic carbocycles. The van der Waals surface area contributed by atoms with Crippen LogP contribution in [0.15, 0.2) is 18.2 Å². The number of rotatable bonds is 3. The monoisotopic (exact) mass is 308 g/mol. The van der Waals surface area contributed by atoms with Crippen LogP contribution < -0.4 is 10.2 Å². The standard InChI is InChI=1S/C16H21ClN2O2/c17-13-4-5-15(19-7-2-1-3-8-19)14(10-13)18-16(20)12-6-9-21-11-12/h4-5,10,12H,1-3,6-9,11H2,(H,18,20). The fraction of sp³-hybridized carbons (Fsp3) is 0.562. The fourth-order valence-electron chi connectivity index (χ4n) is 3.00. The number of piperidine rings is 1. The highest BCUT2D eigenvalue weighted by Crippen LogP contribution is 2.32. The van der Waals surface area contributed by atoms with Gasteiger partial charge in [0.25, 0.3) is 0 Å². The molecule has 4 nitrogen and oxygen atoms in total. The van der Waals surface area contributed by atoms with E-state index in [0.29, 0.717) is 18.2 Å². The normalized spacial score (nSPS) is 22.3. The number of amides is 1. The van der Waals surface area contributed by atoms with E-state index >= 15 is 0 Å². The van der Waals surface area contributed by atoms with Crippen LogP contribution >= 0.6 is 11.6 Å². The second-order valence-electron chi connectivity index (χ2n) is 5.76. The molecule has 2 aliphatic rings. The highest BCUT2D eigenvalue weighted by atomic mass is 35.5. The van der Waals surface area contributed by atoms with Crippen LogP contribution in [0.25, 0.3) is 0 Å². The van der Waals surface area contributed by atoms with Crippen molar-refractivity contribution in [3.8, 4) is 0 Å². The highest BCUT2D eigenvalue weighted by molar-refractivity contribution is 6.31. The summed E-state index contributed by atoms with van der Waals surface area (Å²) in [5.74, 6) is -0.00814. The smallest absolute Gasteiger partial charge is 0.229 e. The minimum Gasteiger partial charge on any atom is -0.381 e. The Bertz CT molecular complexity index is 509. The van der Waals surface area contributed by atoms with Gasteiger partial charge in [-0.3, -0.25) is 4.79 Å². The fourth-order valence-corrected chi connectivity index (χ4v) is 3.17. The largest absolute Gasteiger partial charge is 0.381 e. The second kappa shape index (κ2) is 6.67. The summed E-state index contributed by atoms with van der Waals surface area (Å²) in [5, 5.41) is 3.69. The average molecular weight is 309 g/mol. The molecular formula is C16H21ClN2O2. The number of hydrogen-bond acceptors (Lipinski definition) is 3. The van der Waals surface area contributed by atoms with Gasteiger partial charge in [0.15, 0.2) is 0 Å². The Morgan fingerprint density at radius 2 is 2.10 bits per heavy atom. The van der Waals surface area contributed by atoms with Crippen LogP contribution in [0, 0.1) is 5.92 Å². The van der Waals surface area contributed by atoms with Crippen molar-refractivity contribution in [1.29, 1.82) is 0 Å². The average Bonchev–Trinajstić information content (AvgIpc) is 3.03. The number of ether oxygens (including phenoxy) is 1. The van der Waals surface area contributed by atoms with Crippen molar-refractivity contribution in [3.63, 3.8) is 0 Å². The van der Waals surface area contributed by atoms with Gasteiger partial charge in [-0.25, -0.2) is 0 Å². The number of nitrogens with one attached hydrogen (secondary N) is 1. The lowest BCUT2D eigenvalue weighted by Gasteiger charge is -2.30. The third-order valence-corrected chi connectivity index (χ3v) is 4.45. The zero-order chi connectivity index (χ0) is 14.7. The molecule has 1 unspecified atom stereocenters. The summed E-state index contributed by atoms with van der Waals surface area (Å²) in [6.07, 6.45) is 4.48. The molecule has 2 fully saturated rings. The van der Waals surface area contributed by atoms with Gasteiger partial charge in [0, 0.05) is 24.7 Å². The molecule has 1 aromatic rings. The first-order valence-electron chi connectivity index (χ1n) is 7.67. The summed E-state index contributed by atoms with van der Waals surface area (Å²) < 4.78 is 5.29. The van der Waals surface area contributed by atoms with Gasteiger partial charge in [-0.15, -0.1) is 0 Å². The van der Waals surface area contributed by atoms with Crippen LogP contribution in [0.2, 0.25) is 5.02 Å². The van der Waals surface area contributed by atoms with Crippen LogP contribution in [0.5, 0.6) is 0 Å². The number of halogens is 1. The summed E-state index contributed by atoms with van der Waals surface area (Å²) in [5.41, 5.74) is 1.90. The van der Waals surface area contributed by atoms with Crippen molar-refractivity contribution < 1.29 is 9.53 Å². The van der Waals surface area contributed by atoms with Crippen LogP contribution in [0.3, 0.4) is 0 Å². The Kier molecular flexibility index (Phi) is 4.66. The Morgan fingerprint density at radius 3 is 2.81 bits per heavy atom. The van der Waals surface area contributed by atoms with Gasteiger partial charge >= 0.3 is 0 Å². The van der Waals surface area contributed by atoms with Crippen LogP contribution in [0.1, 0.15) is 25.7 Å². The predicted octanol–water partition coefficient (Wildman–Crippen LogP) is 3.31. The summed E-state index contributed by atoms with van der Waals surface area (Å²) in [7, 11) is 0. The molecule has 0 bridgehead atoms. The van der Waals surface area contributed by atoms with Crippen LogP contribution in [-0.4, -0.2) is 32.2 Å². The number of benzene rings is 1. The molecule has 5 heteroatoms. The van der Waals surface area contributed by atoms with E-state index in [-0.39, 0.29) is 11.8 Å². The third-order valence-electron chi connectivity index (χ3n) is 4.21.